The fourth-order valence-corrected chi connectivity index (χ4v) is 1.90. The summed E-state index contributed by atoms with van der Waals surface area (Å²) in [5.41, 5.74) is 3.16. The zero-order valence-corrected chi connectivity index (χ0v) is 10.4. The van der Waals surface area contributed by atoms with E-state index < -0.39 is 5.97 Å². The van der Waals surface area contributed by atoms with Crippen LogP contribution in [0.15, 0.2) is 48.5 Å². The summed E-state index contributed by atoms with van der Waals surface area (Å²) in [5, 5.41) is 9.00. The normalized spacial score (nSPS) is 10.1. The molecule has 92 valence electrons. The summed E-state index contributed by atoms with van der Waals surface area (Å²) >= 11 is 0. The van der Waals surface area contributed by atoms with Crippen molar-refractivity contribution in [2.75, 3.05) is 11.9 Å². The molecule has 0 saturated carbocycles. The van der Waals surface area contributed by atoms with E-state index in [2.05, 4.69) is 0 Å². The maximum Gasteiger partial charge on any atom is 0.335 e. The van der Waals surface area contributed by atoms with Crippen molar-refractivity contribution in [3.8, 4) is 0 Å². The molecular formula is C15H15NO2. The van der Waals surface area contributed by atoms with Gasteiger partial charge in [0.1, 0.15) is 0 Å². The van der Waals surface area contributed by atoms with E-state index in [-0.39, 0.29) is 0 Å². The summed E-state index contributed by atoms with van der Waals surface area (Å²) in [5.74, 6) is -0.888. The van der Waals surface area contributed by atoms with Gasteiger partial charge in [-0.25, -0.2) is 4.79 Å². The fourth-order valence-electron chi connectivity index (χ4n) is 1.90. The average Bonchev–Trinajstić information content (AvgIpc) is 2.38. The van der Waals surface area contributed by atoms with Gasteiger partial charge in [0.2, 0.25) is 0 Å². The minimum Gasteiger partial charge on any atom is -0.478 e. The molecule has 0 spiro atoms. The van der Waals surface area contributed by atoms with E-state index in [0.29, 0.717) is 5.56 Å². The third kappa shape index (κ3) is 2.35. The highest BCUT2D eigenvalue weighted by molar-refractivity contribution is 5.90. The van der Waals surface area contributed by atoms with Crippen LogP contribution in [0.4, 0.5) is 11.4 Å². The van der Waals surface area contributed by atoms with Crippen molar-refractivity contribution in [3.63, 3.8) is 0 Å². The van der Waals surface area contributed by atoms with E-state index in [1.54, 1.807) is 6.07 Å². The van der Waals surface area contributed by atoms with Crippen LogP contribution in [0.3, 0.4) is 0 Å². The van der Waals surface area contributed by atoms with Gasteiger partial charge in [0.15, 0.2) is 0 Å². The molecule has 2 aromatic rings. The number of rotatable bonds is 3. The van der Waals surface area contributed by atoms with Crippen LogP contribution in [0.25, 0.3) is 0 Å². The number of nitrogens with zero attached hydrogens (tertiary/aromatic N) is 1. The number of hydrogen-bond acceptors (Lipinski definition) is 2. The molecule has 0 aromatic heterocycles. The first-order valence-corrected chi connectivity index (χ1v) is 5.72. The molecule has 0 saturated heterocycles. The van der Waals surface area contributed by atoms with Crippen LogP contribution in [0.1, 0.15) is 15.9 Å². The Morgan fingerprint density at radius 2 is 1.72 bits per heavy atom. The van der Waals surface area contributed by atoms with Gasteiger partial charge in [0.25, 0.3) is 0 Å². The molecule has 18 heavy (non-hydrogen) atoms. The van der Waals surface area contributed by atoms with E-state index in [0.717, 1.165) is 16.9 Å². The van der Waals surface area contributed by atoms with Crippen molar-refractivity contribution in [2.45, 2.75) is 6.92 Å². The van der Waals surface area contributed by atoms with Crippen molar-refractivity contribution in [1.29, 1.82) is 0 Å². The van der Waals surface area contributed by atoms with Gasteiger partial charge in [-0.15, -0.1) is 0 Å². The van der Waals surface area contributed by atoms with Crippen LogP contribution in [0, 0.1) is 6.92 Å². The van der Waals surface area contributed by atoms with Crippen LogP contribution < -0.4 is 4.90 Å². The van der Waals surface area contributed by atoms with Gasteiger partial charge in [-0.2, -0.15) is 0 Å². The fraction of sp³-hybridized carbons (Fsp3) is 0.133. The van der Waals surface area contributed by atoms with Crippen LogP contribution in [0.5, 0.6) is 0 Å². The van der Waals surface area contributed by atoms with Gasteiger partial charge in [0, 0.05) is 18.4 Å². The largest absolute Gasteiger partial charge is 0.478 e. The van der Waals surface area contributed by atoms with Crippen LogP contribution in [-0.4, -0.2) is 18.1 Å². The Bertz CT molecular complexity index is 564. The maximum atomic E-state index is 11.0. The van der Waals surface area contributed by atoms with Gasteiger partial charge in [0.05, 0.1) is 5.56 Å². The lowest BCUT2D eigenvalue weighted by Gasteiger charge is -2.20. The van der Waals surface area contributed by atoms with Gasteiger partial charge < -0.3 is 10.0 Å². The van der Waals surface area contributed by atoms with Gasteiger partial charge >= 0.3 is 5.97 Å². The van der Waals surface area contributed by atoms with Gasteiger partial charge in [-0.05, 0) is 42.8 Å². The Labute approximate surface area is 106 Å². The Morgan fingerprint density at radius 1 is 1.06 bits per heavy atom. The standard InChI is InChI=1S/C15H15NO2/c1-11-10-13(8-9-14(11)15(17)18)16(2)12-6-4-3-5-7-12/h3-10H,1-2H3,(H,17,18). The summed E-state index contributed by atoms with van der Waals surface area (Å²) in [4.78, 5) is 13.0. The lowest BCUT2D eigenvalue weighted by Crippen LogP contribution is -2.10. The third-order valence-corrected chi connectivity index (χ3v) is 2.97. The Hall–Kier alpha value is -2.29. The number of anilines is 2. The first-order valence-electron chi connectivity index (χ1n) is 5.72. The molecule has 3 nitrogen and oxygen atoms in total. The summed E-state index contributed by atoms with van der Waals surface area (Å²) in [7, 11) is 1.96. The van der Waals surface area contributed by atoms with Gasteiger partial charge in [-0.3, -0.25) is 0 Å². The molecule has 0 heterocycles. The quantitative estimate of drug-likeness (QED) is 0.894. The molecule has 0 amide bonds. The molecule has 0 radical (unpaired) electrons. The Morgan fingerprint density at radius 3 is 2.28 bits per heavy atom. The molecule has 1 N–H and O–H groups in total. The number of para-hydroxylation sites is 1. The SMILES string of the molecule is Cc1cc(N(C)c2ccccc2)ccc1C(=O)O. The number of aromatic carboxylic acids is 1. The molecule has 2 rings (SSSR count). The molecule has 0 aliphatic heterocycles. The second-order valence-electron chi connectivity index (χ2n) is 4.20. The van der Waals surface area contributed by atoms with E-state index in [9.17, 15) is 4.79 Å². The highest BCUT2D eigenvalue weighted by Crippen LogP contribution is 2.25. The third-order valence-electron chi connectivity index (χ3n) is 2.97. The monoisotopic (exact) mass is 241 g/mol. The molecule has 3 heteroatoms. The first kappa shape index (κ1) is 12.2. The Kier molecular flexibility index (Phi) is 3.33. The van der Waals surface area contributed by atoms with Crippen molar-refractivity contribution in [3.05, 3.63) is 59.7 Å². The molecule has 2 aromatic carbocycles. The zero-order chi connectivity index (χ0) is 13.1. The predicted molar refractivity (Wildman–Crippen MR) is 72.6 cm³/mol. The summed E-state index contributed by atoms with van der Waals surface area (Å²) < 4.78 is 0. The number of aryl methyl sites for hydroxylation is 1. The Balaban J connectivity index is 2.35. The van der Waals surface area contributed by atoms with E-state index in [1.807, 2.05) is 61.3 Å². The number of carboxylic acid groups (broad SMARTS) is 1. The highest BCUT2D eigenvalue weighted by Gasteiger charge is 2.09. The molecule has 0 aliphatic rings. The summed E-state index contributed by atoms with van der Waals surface area (Å²) in [6.07, 6.45) is 0. The number of benzene rings is 2. The first-order chi connectivity index (χ1) is 8.59. The molecule has 0 atom stereocenters. The minimum atomic E-state index is -0.888. The number of carboxylic acids is 1. The summed E-state index contributed by atoms with van der Waals surface area (Å²) in [6, 6.07) is 15.3. The molecule has 0 fully saturated rings. The van der Waals surface area contributed by atoms with E-state index in [4.69, 9.17) is 5.11 Å². The molecule has 0 unspecified atom stereocenters. The van der Waals surface area contributed by atoms with E-state index >= 15 is 0 Å². The minimum absolute atomic E-state index is 0.347. The van der Waals surface area contributed by atoms with Crippen molar-refractivity contribution >= 4 is 17.3 Å². The van der Waals surface area contributed by atoms with E-state index in [1.165, 1.54) is 0 Å². The number of hydrogen-bond donors (Lipinski definition) is 1. The van der Waals surface area contributed by atoms with Crippen molar-refractivity contribution < 1.29 is 9.90 Å². The van der Waals surface area contributed by atoms with Crippen molar-refractivity contribution in [1.82, 2.24) is 0 Å². The topological polar surface area (TPSA) is 40.5 Å². The van der Waals surface area contributed by atoms with Crippen LogP contribution >= 0.6 is 0 Å². The molecule has 0 bridgehead atoms. The molecule has 0 aliphatic carbocycles. The highest BCUT2D eigenvalue weighted by atomic mass is 16.4. The lowest BCUT2D eigenvalue weighted by atomic mass is 10.1. The average molecular weight is 241 g/mol. The predicted octanol–water partition coefficient (Wildman–Crippen LogP) is 3.46. The zero-order valence-electron chi connectivity index (χ0n) is 10.4. The summed E-state index contributed by atoms with van der Waals surface area (Å²) in [6.45, 7) is 1.81. The second kappa shape index (κ2) is 4.92. The smallest absolute Gasteiger partial charge is 0.335 e. The van der Waals surface area contributed by atoms with Crippen LogP contribution in [0.2, 0.25) is 0 Å². The molecular weight excluding hydrogens is 226 g/mol. The van der Waals surface area contributed by atoms with Crippen molar-refractivity contribution in [2.24, 2.45) is 0 Å². The second-order valence-corrected chi connectivity index (χ2v) is 4.20. The lowest BCUT2D eigenvalue weighted by molar-refractivity contribution is 0.0696. The number of carbonyl (C=O) groups is 1. The van der Waals surface area contributed by atoms with Gasteiger partial charge in [-0.1, -0.05) is 18.2 Å². The maximum absolute atomic E-state index is 11.0. The van der Waals surface area contributed by atoms with Crippen LogP contribution in [-0.2, 0) is 0 Å².